The minimum Gasteiger partial charge on any atom is -0.452 e. The lowest BCUT2D eigenvalue weighted by Crippen LogP contribution is -2.44. The standard InChI is InChI=1S/C25H31N5O6/c1-5-6-11-30-22(26)21(23(32)28-25(30)34)29(12-13-35-4)19(31)14-36-24(33)20-15(2)17-9-7-8-10-18(17)27-16(20)3/h7-10H,5-6,11-14,26H2,1-4H3,(H,28,32,34). The van der Waals surface area contributed by atoms with Crippen LogP contribution in [-0.4, -0.2) is 53.3 Å². The maximum Gasteiger partial charge on any atom is 0.340 e. The number of aromatic nitrogens is 3. The van der Waals surface area contributed by atoms with Gasteiger partial charge in [-0.05, 0) is 31.9 Å². The van der Waals surface area contributed by atoms with Gasteiger partial charge in [-0.2, -0.15) is 0 Å². The number of carbonyl (C=O) groups excluding carboxylic acids is 2. The van der Waals surface area contributed by atoms with Crippen LogP contribution in [0.1, 0.15) is 41.4 Å². The Hall–Kier alpha value is -3.99. The maximum atomic E-state index is 13.2. The van der Waals surface area contributed by atoms with E-state index in [1.807, 2.05) is 31.2 Å². The predicted molar refractivity (Wildman–Crippen MR) is 136 cm³/mol. The molecule has 36 heavy (non-hydrogen) atoms. The second-order valence-corrected chi connectivity index (χ2v) is 8.33. The first-order valence-corrected chi connectivity index (χ1v) is 11.7. The molecule has 0 radical (unpaired) electrons. The molecule has 11 nitrogen and oxygen atoms in total. The summed E-state index contributed by atoms with van der Waals surface area (Å²) >= 11 is 0. The third-order valence-electron chi connectivity index (χ3n) is 5.90. The van der Waals surface area contributed by atoms with Crippen LogP contribution in [0.25, 0.3) is 10.9 Å². The van der Waals surface area contributed by atoms with Crippen LogP contribution in [0.5, 0.6) is 0 Å². The number of nitrogen functional groups attached to an aromatic ring is 1. The van der Waals surface area contributed by atoms with Crippen molar-refractivity contribution < 1.29 is 19.1 Å². The van der Waals surface area contributed by atoms with Crippen molar-refractivity contribution in [3.8, 4) is 0 Å². The SMILES string of the molecule is CCCCn1c(N)c(N(CCOC)C(=O)COC(=O)c2c(C)nc3ccccc3c2C)c(=O)[nH]c1=O. The second-order valence-electron chi connectivity index (χ2n) is 8.33. The van der Waals surface area contributed by atoms with Crippen molar-refractivity contribution in [2.45, 2.75) is 40.2 Å². The van der Waals surface area contributed by atoms with Crippen molar-refractivity contribution in [3.63, 3.8) is 0 Å². The normalized spacial score (nSPS) is 11.0. The highest BCUT2D eigenvalue weighted by Gasteiger charge is 2.26. The number of nitrogens with one attached hydrogen (secondary N) is 1. The molecule has 0 bridgehead atoms. The van der Waals surface area contributed by atoms with E-state index in [4.69, 9.17) is 15.2 Å². The Balaban J connectivity index is 1.90. The van der Waals surface area contributed by atoms with Gasteiger partial charge in [0.2, 0.25) is 0 Å². The summed E-state index contributed by atoms with van der Waals surface area (Å²) < 4.78 is 11.6. The summed E-state index contributed by atoms with van der Waals surface area (Å²) in [5, 5.41) is 0.803. The highest BCUT2D eigenvalue weighted by atomic mass is 16.5. The third kappa shape index (κ3) is 5.46. The molecule has 1 amide bonds. The van der Waals surface area contributed by atoms with Crippen molar-refractivity contribution in [1.82, 2.24) is 14.5 Å². The molecule has 3 rings (SSSR count). The van der Waals surface area contributed by atoms with Crippen LogP contribution in [0.2, 0.25) is 0 Å². The van der Waals surface area contributed by atoms with Crippen molar-refractivity contribution in [3.05, 3.63) is 61.9 Å². The molecule has 0 saturated carbocycles. The smallest absolute Gasteiger partial charge is 0.340 e. The third-order valence-corrected chi connectivity index (χ3v) is 5.90. The number of para-hydroxylation sites is 1. The van der Waals surface area contributed by atoms with Gasteiger partial charge in [0, 0.05) is 25.6 Å². The van der Waals surface area contributed by atoms with Gasteiger partial charge in [-0.1, -0.05) is 31.5 Å². The van der Waals surface area contributed by atoms with Crippen molar-refractivity contribution in [2.75, 3.05) is 37.5 Å². The number of anilines is 2. The zero-order chi connectivity index (χ0) is 26.4. The van der Waals surface area contributed by atoms with Crippen LogP contribution < -0.4 is 21.9 Å². The van der Waals surface area contributed by atoms with Gasteiger partial charge in [-0.15, -0.1) is 0 Å². The maximum absolute atomic E-state index is 13.2. The van der Waals surface area contributed by atoms with E-state index in [0.29, 0.717) is 17.7 Å². The first-order valence-electron chi connectivity index (χ1n) is 11.7. The zero-order valence-electron chi connectivity index (χ0n) is 20.9. The van der Waals surface area contributed by atoms with Crippen LogP contribution >= 0.6 is 0 Å². The lowest BCUT2D eigenvalue weighted by atomic mass is 10.0. The first kappa shape index (κ1) is 26.6. The lowest BCUT2D eigenvalue weighted by Gasteiger charge is -2.24. The van der Waals surface area contributed by atoms with E-state index >= 15 is 0 Å². The fraction of sp³-hybridized carbons (Fsp3) is 0.400. The summed E-state index contributed by atoms with van der Waals surface area (Å²) in [5.41, 5.74) is 6.69. The number of methoxy groups -OCH3 is 1. The van der Waals surface area contributed by atoms with E-state index in [0.717, 1.165) is 22.2 Å². The number of carbonyl (C=O) groups is 2. The Bertz CT molecular complexity index is 1390. The Morgan fingerprint density at radius 1 is 1.19 bits per heavy atom. The number of ether oxygens (including phenoxy) is 2. The topological polar surface area (TPSA) is 150 Å². The molecule has 0 atom stereocenters. The highest BCUT2D eigenvalue weighted by Crippen LogP contribution is 2.23. The Labute approximate surface area is 207 Å². The number of benzene rings is 1. The number of hydrogen-bond acceptors (Lipinski definition) is 8. The lowest BCUT2D eigenvalue weighted by molar-refractivity contribution is -0.121. The Kier molecular flexibility index (Phi) is 8.59. The van der Waals surface area contributed by atoms with E-state index in [1.54, 1.807) is 13.8 Å². The van der Waals surface area contributed by atoms with Gasteiger partial charge in [0.25, 0.3) is 11.5 Å². The molecule has 2 heterocycles. The van der Waals surface area contributed by atoms with Gasteiger partial charge in [-0.25, -0.2) is 9.59 Å². The van der Waals surface area contributed by atoms with Gasteiger partial charge in [0.1, 0.15) is 5.82 Å². The monoisotopic (exact) mass is 497 g/mol. The quantitative estimate of drug-likeness (QED) is 0.404. The van der Waals surface area contributed by atoms with Gasteiger partial charge >= 0.3 is 11.7 Å². The summed E-state index contributed by atoms with van der Waals surface area (Å²) in [6.45, 7) is 5.11. The number of hydrogen-bond donors (Lipinski definition) is 2. The zero-order valence-corrected chi connectivity index (χ0v) is 20.9. The molecule has 0 saturated heterocycles. The number of fused-ring (bicyclic) bond motifs is 1. The number of pyridine rings is 1. The van der Waals surface area contributed by atoms with Crippen molar-refractivity contribution >= 4 is 34.3 Å². The minimum atomic E-state index is -0.813. The molecule has 3 N–H and O–H groups in total. The molecule has 11 heteroatoms. The van der Waals surface area contributed by atoms with Gasteiger partial charge in [-0.3, -0.25) is 29.0 Å². The average Bonchev–Trinajstić information content (AvgIpc) is 2.84. The molecule has 0 fully saturated rings. The van der Waals surface area contributed by atoms with Crippen LogP contribution in [-0.2, 0) is 20.8 Å². The van der Waals surface area contributed by atoms with Crippen LogP contribution in [0.3, 0.4) is 0 Å². The molecule has 1 aromatic carbocycles. The number of rotatable bonds is 10. The first-order chi connectivity index (χ1) is 17.2. The van der Waals surface area contributed by atoms with Crippen molar-refractivity contribution in [2.24, 2.45) is 0 Å². The average molecular weight is 498 g/mol. The Morgan fingerprint density at radius 2 is 1.92 bits per heavy atom. The Morgan fingerprint density at radius 3 is 2.61 bits per heavy atom. The molecule has 0 spiro atoms. The molecule has 192 valence electrons. The van der Waals surface area contributed by atoms with Crippen LogP contribution in [0.15, 0.2) is 33.9 Å². The van der Waals surface area contributed by atoms with E-state index in [2.05, 4.69) is 9.97 Å². The molecule has 0 aliphatic carbocycles. The molecular weight excluding hydrogens is 466 g/mol. The van der Waals surface area contributed by atoms with Crippen molar-refractivity contribution in [1.29, 1.82) is 0 Å². The van der Waals surface area contributed by atoms with Crippen LogP contribution in [0.4, 0.5) is 11.5 Å². The number of unbranched alkanes of at least 4 members (excludes halogenated alkanes) is 1. The number of amides is 1. The minimum absolute atomic E-state index is 0.0399. The van der Waals surface area contributed by atoms with E-state index in [-0.39, 0.29) is 36.8 Å². The number of H-pyrrole nitrogens is 1. The molecule has 0 unspecified atom stereocenters. The van der Waals surface area contributed by atoms with Crippen LogP contribution in [0, 0.1) is 13.8 Å². The molecule has 3 aromatic rings. The molecule has 0 aliphatic heterocycles. The van der Waals surface area contributed by atoms with E-state index < -0.39 is 29.7 Å². The number of aryl methyl sites for hydroxylation is 2. The number of aromatic amines is 1. The highest BCUT2D eigenvalue weighted by molar-refractivity contribution is 6.01. The summed E-state index contributed by atoms with van der Waals surface area (Å²) in [6, 6.07) is 7.41. The number of nitrogens with zero attached hydrogens (tertiary/aromatic N) is 3. The summed E-state index contributed by atoms with van der Waals surface area (Å²) in [4.78, 5) is 58.8. The molecular formula is C25H31N5O6. The van der Waals surface area contributed by atoms with Gasteiger partial charge < -0.3 is 15.2 Å². The van der Waals surface area contributed by atoms with Gasteiger partial charge in [0.05, 0.1) is 23.4 Å². The molecule has 2 aromatic heterocycles. The molecule has 0 aliphatic rings. The summed E-state index contributed by atoms with van der Waals surface area (Å²) in [5.74, 6) is -1.54. The van der Waals surface area contributed by atoms with E-state index in [1.165, 1.54) is 11.7 Å². The fourth-order valence-corrected chi connectivity index (χ4v) is 4.03. The van der Waals surface area contributed by atoms with E-state index in [9.17, 15) is 19.2 Å². The predicted octanol–water partition coefficient (Wildman–Crippen LogP) is 1.92. The summed E-state index contributed by atoms with van der Waals surface area (Å²) in [7, 11) is 1.44. The largest absolute Gasteiger partial charge is 0.452 e. The number of nitrogens with two attached hydrogens (primary N) is 1. The van der Waals surface area contributed by atoms with Gasteiger partial charge in [0.15, 0.2) is 12.3 Å². The number of esters is 1. The summed E-state index contributed by atoms with van der Waals surface area (Å²) in [6.07, 6.45) is 1.45. The fourth-order valence-electron chi connectivity index (χ4n) is 4.03. The second kappa shape index (κ2) is 11.6.